The van der Waals surface area contributed by atoms with Gasteiger partial charge in [-0.05, 0) is 23.8 Å². The number of aryl methyl sites for hydroxylation is 1. The molecule has 1 atom stereocenters. The number of nitrogens with one attached hydrogen (secondary N) is 2. The van der Waals surface area contributed by atoms with Crippen molar-refractivity contribution in [1.29, 1.82) is 5.26 Å². The molecule has 0 saturated carbocycles. The van der Waals surface area contributed by atoms with Crippen LogP contribution in [-0.2, 0) is 17.2 Å². The summed E-state index contributed by atoms with van der Waals surface area (Å²) in [5, 5.41) is 30.6. The van der Waals surface area contributed by atoms with Gasteiger partial charge >= 0.3 is 0 Å². The number of anilines is 3. The molecular weight excluding hydrogens is 460 g/mol. The average molecular weight is 491 g/mol. The molecule has 188 valence electrons. The summed E-state index contributed by atoms with van der Waals surface area (Å²) in [5.41, 5.74) is 3.87. The summed E-state index contributed by atoms with van der Waals surface area (Å²) in [4.78, 5) is 11.4. The van der Waals surface area contributed by atoms with Gasteiger partial charge in [-0.25, -0.2) is 9.97 Å². The number of hydrogen-bond donors (Lipinski definition) is 3. The van der Waals surface area contributed by atoms with Crippen LogP contribution in [0.2, 0.25) is 0 Å². The number of nitriles is 1. The molecule has 0 spiro atoms. The van der Waals surface area contributed by atoms with Crippen LogP contribution in [0.25, 0.3) is 11.3 Å². The van der Waals surface area contributed by atoms with Crippen molar-refractivity contribution >= 4 is 17.3 Å². The standard InChI is InChI=1S/C25H30N8O3/c1-25(16-34)15-28-22-18(13-26)11-17(12-19(22)25)20-3-4-27-24(29-20)30-21-14-32(2)31-23(21)36-10-7-33-5-8-35-9-6-33/h3-4,11-12,14,28,34H,5-10,15-16H2,1-2H3,(H,27,29,30)/t25-/m1/s1. The Morgan fingerprint density at radius 2 is 2.17 bits per heavy atom. The third-order valence-electron chi connectivity index (χ3n) is 6.66. The van der Waals surface area contributed by atoms with Crippen LogP contribution in [0, 0.1) is 11.3 Å². The molecular formula is C25H30N8O3. The first-order valence-electron chi connectivity index (χ1n) is 12.0. The lowest BCUT2D eigenvalue weighted by Gasteiger charge is -2.26. The van der Waals surface area contributed by atoms with Crippen molar-refractivity contribution in [2.75, 3.05) is 63.2 Å². The number of nitrogens with zero attached hydrogens (tertiary/aromatic N) is 6. The number of aliphatic hydroxyl groups excluding tert-OH is 1. The van der Waals surface area contributed by atoms with Gasteiger partial charge in [0.1, 0.15) is 18.4 Å². The zero-order chi connectivity index (χ0) is 25.1. The highest BCUT2D eigenvalue weighted by atomic mass is 16.5. The minimum absolute atomic E-state index is 0.0206. The fourth-order valence-electron chi connectivity index (χ4n) is 4.52. The molecule has 2 aromatic heterocycles. The van der Waals surface area contributed by atoms with Gasteiger partial charge in [0, 0.05) is 50.4 Å². The van der Waals surface area contributed by atoms with Crippen molar-refractivity contribution in [3.63, 3.8) is 0 Å². The summed E-state index contributed by atoms with van der Waals surface area (Å²) < 4.78 is 13.0. The molecule has 4 heterocycles. The summed E-state index contributed by atoms with van der Waals surface area (Å²) >= 11 is 0. The van der Waals surface area contributed by atoms with E-state index in [9.17, 15) is 10.4 Å². The lowest BCUT2D eigenvalue weighted by Crippen LogP contribution is -2.38. The van der Waals surface area contributed by atoms with Crippen LogP contribution in [0.5, 0.6) is 5.88 Å². The maximum atomic E-state index is 9.98. The number of hydrogen-bond acceptors (Lipinski definition) is 10. The van der Waals surface area contributed by atoms with E-state index in [1.807, 2.05) is 32.3 Å². The molecule has 36 heavy (non-hydrogen) atoms. The van der Waals surface area contributed by atoms with Gasteiger partial charge in [0.15, 0.2) is 0 Å². The molecule has 1 aromatic carbocycles. The highest BCUT2D eigenvalue weighted by Gasteiger charge is 2.36. The zero-order valence-electron chi connectivity index (χ0n) is 20.5. The number of aliphatic hydroxyl groups is 1. The number of ether oxygens (including phenoxy) is 2. The zero-order valence-corrected chi connectivity index (χ0v) is 20.5. The monoisotopic (exact) mass is 490 g/mol. The number of benzene rings is 1. The molecule has 0 radical (unpaired) electrons. The van der Waals surface area contributed by atoms with E-state index in [2.05, 4.69) is 36.7 Å². The van der Waals surface area contributed by atoms with Gasteiger partial charge in [-0.2, -0.15) is 5.26 Å². The van der Waals surface area contributed by atoms with Gasteiger partial charge < -0.3 is 25.2 Å². The van der Waals surface area contributed by atoms with E-state index in [0.717, 1.165) is 49.7 Å². The summed E-state index contributed by atoms with van der Waals surface area (Å²) in [5.74, 6) is 0.870. The number of fused-ring (bicyclic) bond motifs is 1. The second kappa shape index (κ2) is 10.1. The van der Waals surface area contributed by atoms with Gasteiger partial charge in [0.2, 0.25) is 5.95 Å². The van der Waals surface area contributed by atoms with Crippen molar-refractivity contribution in [2.24, 2.45) is 7.05 Å². The first kappa shape index (κ1) is 24.0. The predicted octanol–water partition coefficient (Wildman–Crippen LogP) is 1.88. The van der Waals surface area contributed by atoms with Crippen molar-refractivity contribution < 1.29 is 14.6 Å². The molecule has 1 fully saturated rings. The van der Waals surface area contributed by atoms with E-state index >= 15 is 0 Å². The highest BCUT2D eigenvalue weighted by Crippen LogP contribution is 2.41. The van der Waals surface area contributed by atoms with E-state index in [-0.39, 0.29) is 6.61 Å². The van der Waals surface area contributed by atoms with E-state index < -0.39 is 5.41 Å². The Labute approximate surface area is 209 Å². The maximum Gasteiger partial charge on any atom is 0.256 e. The lowest BCUT2D eigenvalue weighted by molar-refractivity contribution is 0.0320. The molecule has 2 aliphatic heterocycles. The minimum Gasteiger partial charge on any atom is -0.474 e. The van der Waals surface area contributed by atoms with Crippen LogP contribution in [0.4, 0.5) is 17.3 Å². The van der Waals surface area contributed by atoms with Crippen molar-refractivity contribution in [3.8, 4) is 23.2 Å². The smallest absolute Gasteiger partial charge is 0.256 e. The normalized spacial score (nSPS) is 19.4. The van der Waals surface area contributed by atoms with Gasteiger partial charge in [-0.3, -0.25) is 9.58 Å². The summed E-state index contributed by atoms with van der Waals surface area (Å²) in [6.45, 7) is 7.15. The molecule has 3 aromatic rings. The Morgan fingerprint density at radius 3 is 2.94 bits per heavy atom. The van der Waals surface area contributed by atoms with Crippen molar-refractivity contribution in [2.45, 2.75) is 12.3 Å². The molecule has 0 bridgehead atoms. The number of rotatable bonds is 8. The second-order valence-electron chi connectivity index (χ2n) is 9.35. The Bertz CT molecular complexity index is 1280. The Hall–Kier alpha value is -3.72. The third kappa shape index (κ3) is 4.83. The Balaban J connectivity index is 1.35. The Kier molecular flexibility index (Phi) is 6.73. The SMILES string of the molecule is Cn1cc(Nc2nccc(-c3cc(C#N)c4c(c3)[C@@](C)(CO)CN4)n2)c(OCCN2CCOCC2)n1. The summed E-state index contributed by atoms with van der Waals surface area (Å²) in [6.07, 6.45) is 3.49. The molecule has 0 unspecified atom stereocenters. The van der Waals surface area contributed by atoms with Crippen molar-refractivity contribution in [1.82, 2.24) is 24.6 Å². The molecule has 0 aliphatic carbocycles. The van der Waals surface area contributed by atoms with Crippen LogP contribution >= 0.6 is 0 Å². The topological polar surface area (TPSA) is 133 Å². The highest BCUT2D eigenvalue weighted by molar-refractivity contribution is 5.76. The van der Waals surface area contributed by atoms with Gasteiger partial charge in [0.05, 0.1) is 43.0 Å². The van der Waals surface area contributed by atoms with E-state index in [0.29, 0.717) is 41.9 Å². The van der Waals surface area contributed by atoms with E-state index in [4.69, 9.17) is 9.47 Å². The van der Waals surface area contributed by atoms with Crippen LogP contribution in [-0.4, -0.2) is 82.4 Å². The van der Waals surface area contributed by atoms with Crippen LogP contribution in [0.3, 0.4) is 0 Å². The van der Waals surface area contributed by atoms with E-state index in [1.54, 1.807) is 16.9 Å². The Morgan fingerprint density at radius 1 is 1.33 bits per heavy atom. The molecule has 3 N–H and O–H groups in total. The quantitative estimate of drug-likeness (QED) is 0.430. The first-order chi connectivity index (χ1) is 17.5. The van der Waals surface area contributed by atoms with Gasteiger partial charge in [-0.15, -0.1) is 5.10 Å². The van der Waals surface area contributed by atoms with Gasteiger partial charge in [-0.1, -0.05) is 6.92 Å². The van der Waals surface area contributed by atoms with E-state index in [1.165, 1.54) is 0 Å². The molecule has 2 aliphatic rings. The third-order valence-corrected chi connectivity index (χ3v) is 6.66. The first-order valence-corrected chi connectivity index (χ1v) is 12.0. The number of morpholine rings is 1. The second-order valence-corrected chi connectivity index (χ2v) is 9.35. The molecule has 5 rings (SSSR count). The van der Waals surface area contributed by atoms with Crippen LogP contribution in [0.1, 0.15) is 18.1 Å². The fourth-order valence-corrected chi connectivity index (χ4v) is 4.52. The molecule has 1 saturated heterocycles. The average Bonchev–Trinajstić information content (AvgIpc) is 3.43. The minimum atomic E-state index is -0.464. The summed E-state index contributed by atoms with van der Waals surface area (Å²) in [6, 6.07) is 7.87. The maximum absolute atomic E-state index is 9.98. The predicted molar refractivity (Wildman–Crippen MR) is 134 cm³/mol. The van der Waals surface area contributed by atoms with Gasteiger partial charge in [0.25, 0.3) is 5.88 Å². The molecule has 0 amide bonds. The lowest BCUT2D eigenvalue weighted by atomic mass is 9.83. The largest absolute Gasteiger partial charge is 0.474 e. The summed E-state index contributed by atoms with van der Waals surface area (Å²) in [7, 11) is 1.83. The van der Waals surface area contributed by atoms with Crippen LogP contribution in [0.15, 0.2) is 30.6 Å². The number of aromatic nitrogens is 4. The van der Waals surface area contributed by atoms with Crippen LogP contribution < -0.4 is 15.4 Å². The fraction of sp³-hybridized carbons (Fsp3) is 0.440. The van der Waals surface area contributed by atoms with Crippen molar-refractivity contribution in [3.05, 3.63) is 41.7 Å². The molecule has 11 heteroatoms. The molecule has 11 nitrogen and oxygen atoms in total.